The van der Waals surface area contributed by atoms with E-state index in [-0.39, 0.29) is 12.8 Å². The van der Waals surface area contributed by atoms with Gasteiger partial charge in [-0.05, 0) is 83.5 Å². The summed E-state index contributed by atoms with van der Waals surface area (Å²) in [5.41, 5.74) is 0. The number of amides is 1. The molecule has 0 bridgehead atoms. The summed E-state index contributed by atoms with van der Waals surface area (Å²) in [7, 11) is -4.79. The second-order valence-electron chi connectivity index (χ2n) is 15.6. The van der Waals surface area contributed by atoms with Crippen LogP contribution in [0, 0.1) is 0 Å². The number of allylic oxidation sites excluding steroid dienone is 17. The van der Waals surface area contributed by atoms with E-state index in [1.165, 1.54) is 51.4 Å². The summed E-state index contributed by atoms with van der Waals surface area (Å²) in [6.07, 6.45) is 59.9. The summed E-state index contributed by atoms with van der Waals surface area (Å²) >= 11 is 0. The molecule has 0 rings (SSSR count). The maximum absolute atomic E-state index is 12.3. The lowest BCUT2D eigenvalue weighted by atomic mass is 10.1. The molecule has 4 N–H and O–H groups in total. The monoisotopic (exact) mass is 914 g/mol. The lowest BCUT2D eigenvalue weighted by Gasteiger charge is -2.18. The standard InChI is InChI=1S/C52H84NO10P/c1-3-5-7-9-11-13-15-17-19-21-23-24-26-28-30-32-34-36-38-40-42-44-51(56)61-45-48(54)46-62-64(59,60)63-47-49(52(57)58)53-50(55)43-41-39-37-35-33-31-29-27-25-22-20-18-16-14-12-10-8-6-4-2/h5,7,11-14,17-20,23-24,28,30,34,36,40,42,48-49,54H,3-4,6,8-10,15-16,21-22,25-27,29,31-33,35,37-39,41,43-47H2,1-2H3,(H,53,55)(H,57,58)(H,59,60)/b7-5-,13-11-,14-12-,19-17-,20-18-,24-23-,30-28-,36-34-,42-40-. The number of nitrogens with one attached hydrogen (secondary N) is 1. The Morgan fingerprint density at radius 3 is 1.41 bits per heavy atom. The van der Waals surface area contributed by atoms with Gasteiger partial charge in [-0.3, -0.25) is 18.6 Å². The number of carboxylic acid groups (broad SMARTS) is 1. The number of rotatable bonds is 43. The van der Waals surface area contributed by atoms with Gasteiger partial charge in [-0.2, -0.15) is 0 Å². The van der Waals surface area contributed by atoms with Gasteiger partial charge in [0, 0.05) is 6.42 Å². The summed E-state index contributed by atoms with van der Waals surface area (Å²) < 4.78 is 26.8. The van der Waals surface area contributed by atoms with Crippen molar-refractivity contribution in [2.24, 2.45) is 0 Å². The van der Waals surface area contributed by atoms with Crippen molar-refractivity contribution in [2.45, 2.75) is 180 Å². The fourth-order valence-electron chi connectivity index (χ4n) is 5.90. The van der Waals surface area contributed by atoms with Crippen LogP contribution < -0.4 is 5.32 Å². The first kappa shape index (κ1) is 60.1. The van der Waals surface area contributed by atoms with Crippen molar-refractivity contribution >= 4 is 25.7 Å². The number of ether oxygens (including phenoxy) is 1. The molecule has 362 valence electrons. The lowest BCUT2D eigenvalue weighted by molar-refractivity contribution is -0.146. The van der Waals surface area contributed by atoms with Crippen molar-refractivity contribution in [3.05, 3.63) is 109 Å². The molecule has 0 heterocycles. The zero-order chi connectivity index (χ0) is 47.0. The number of unbranched alkanes of at least 4 members (excludes halogenated alkanes) is 12. The zero-order valence-electron chi connectivity index (χ0n) is 39.3. The molecular formula is C52H84NO10P. The van der Waals surface area contributed by atoms with E-state index >= 15 is 0 Å². The Labute approximate surface area is 386 Å². The smallest absolute Gasteiger partial charge is 0.472 e. The number of carbonyl (C=O) groups is 3. The Hall–Kier alpha value is -3.86. The average molecular weight is 914 g/mol. The molecule has 0 aromatic carbocycles. The molecule has 0 radical (unpaired) electrons. The SMILES string of the molecule is CC/C=C\C/C=C\C/C=C\C/C=C\C/C=C\C/C=C\C/C=C\CC(=O)OCC(O)COP(=O)(O)OCC(NC(=O)CCCCCCCCCCC/C=C\C/C=C\CCCCC)C(=O)O. The highest BCUT2D eigenvalue weighted by Gasteiger charge is 2.28. The minimum absolute atomic E-state index is 0.0170. The van der Waals surface area contributed by atoms with Gasteiger partial charge in [0.15, 0.2) is 6.04 Å². The molecule has 0 aliphatic heterocycles. The van der Waals surface area contributed by atoms with Crippen molar-refractivity contribution in [2.75, 3.05) is 19.8 Å². The molecule has 0 spiro atoms. The fourth-order valence-corrected chi connectivity index (χ4v) is 6.67. The number of aliphatic hydroxyl groups excluding tert-OH is 1. The number of carboxylic acids is 1. The molecule has 0 aliphatic rings. The maximum Gasteiger partial charge on any atom is 0.472 e. The highest BCUT2D eigenvalue weighted by Crippen LogP contribution is 2.43. The van der Waals surface area contributed by atoms with Crippen LogP contribution in [0.1, 0.15) is 168 Å². The van der Waals surface area contributed by atoms with E-state index in [0.717, 1.165) is 77.0 Å². The van der Waals surface area contributed by atoms with Gasteiger partial charge in [-0.25, -0.2) is 9.36 Å². The Bertz CT molecular complexity index is 1490. The molecule has 3 unspecified atom stereocenters. The normalized spacial score (nSPS) is 14.6. The van der Waals surface area contributed by atoms with Crippen LogP contribution >= 0.6 is 7.82 Å². The van der Waals surface area contributed by atoms with Gasteiger partial charge < -0.3 is 25.2 Å². The third kappa shape index (κ3) is 44.7. The molecule has 1 amide bonds. The largest absolute Gasteiger partial charge is 0.480 e. The Kier molecular flexibility index (Phi) is 42.9. The molecule has 11 nitrogen and oxygen atoms in total. The van der Waals surface area contributed by atoms with E-state index in [9.17, 15) is 34.1 Å². The fraction of sp³-hybridized carbons (Fsp3) is 0.596. The summed E-state index contributed by atoms with van der Waals surface area (Å²) in [5, 5.41) is 21.9. The van der Waals surface area contributed by atoms with Crippen molar-refractivity contribution in [3.8, 4) is 0 Å². The lowest BCUT2D eigenvalue weighted by Crippen LogP contribution is -2.43. The first-order valence-electron chi connectivity index (χ1n) is 23.9. The van der Waals surface area contributed by atoms with Gasteiger partial charge >= 0.3 is 19.8 Å². The number of carbonyl (C=O) groups excluding carboxylic acids is 2. The molecule has 0 saturated carbocycles. The van der Waals surface area contributed by atoms with E-state index in [1.807, 2.05) is 18.2 Å². The van der Waals surface area contributed by atoms with Crippen LogP contribution in [0.2, 0.25) is 0 Å². The molecule has 0 aliphatic carbocycles. The summed E-state index contributed by atoms with van der Waals surface area (Å²) in [6.45, 7) is 2.34. The Morgan fingerprint density at radius 2 is 0.938 bits per heavy atom. The first-order valence-corrected chi connectivity index (χ1v) is 25.4. The number of phosphoric ester groups is 1. The first-order chi connectivity index (χ1) is 31.1. The highest BCUT2D eigenvalue weighted by atomic mass is 31.2. The van der Waals surface area contributed by atoms with E-state index < -0.39 is 57.6 Å². The summed E-state index contributed by atoms with van der Waals surface area (Å²) in [4.78, 5) is 46.0. The number of esters is 1. The number of hydrogen-bond donors (Lipinski definition) is 4. The van der Waals surface area contributed by atoms with Crippen LogP contribution in [0.4, 0.5) is 0 Å². The molecule has 0 aromatic heterocycles. The maximum atomic E-state index is 12.3. The zero-order valence-corrected chi connectivity index (χ0v) is 40.2. The van der Waals surface area contributed by atoms with Crippen molar-refractivity contribution < 1.29 is 47.8 Å². The van der Waals surface area contributed by atoms with E-state index in [0.29, 0.717) is 12.8 Å². The van der Waals surface area contributed by atoms with Gasteiger partial charge in [0.05, 0.1) is 19.6 Å². The Morgan fingerprint density at radius 1 is 0.531 bits per heavy atom. The third-order valence-corrected chi connectivity index (χ3v) is 10.5. The predicted molar refractivity (Wildman–Crippen MR) is 263 cm³/mol. The quantitative estimate of drug-likeness (QED) is 0.0200. The average Bonchev–Trinajstić information content (AvgIpc) is 3.27. The van der Waals surface area contributed by atoms with Crippen molar-refractivity contribution in [3.63, 3.8) is 0 Å². The molecule has 0 fully saturated rings. The van der Waals surface area contributed by atoms with E-state index in [1.54, 1.807) is 6.08 Å². The van der Waals surface area contributed by atoms with Gasteiger partial charge in [-0.15, -0.1) is 0 Å². The van der Waals surface area contributed by atoms with Crippen LogP contribution in [-0.2, 0) is 32.7 Å². The number of phosphoric acid groups is 1. The number of aliphatic hydroxyl groups is 1. The van der Waals surface area contributed by atoms with Crippen LogP contribution in [-0.4, -0.2) is 64.9 Å². The van der Waals surface area contributed by atoms with Crippen LogP contribution in [0.3, 0.4) is 0 Å². The van der Waals surface area contributed by atoms with E-state index in [4.69, 9.17) is 13.8 Å². The number of hydrogen-bond acceptors (Lipinski definition) is 8. The number of aliphatic carboxylic acids is 1. The highest BCUT2D eigenvalue weighted by molar-refractivity contribution is 7.47. The second kappa shape index (κ2) is 45.7. The topological polar surface area (TPSA) is 169 Å². The third-order valence-electron chi connectivity index (χ3n) is 9.58. The molecule has 12 heteroatoms. The molecule has 0 saturated heterocycles. The van der Waals surface area contributed by atoms with Crippen molar-refractivity contribution in [1.29, 1.82) is 0 Å². The summed E-state index contributed by atoms with van der Waals surface area (Å²) in [6, 6.07) is -1.57. The molecule has 64 heavy (non-hydrogen) atoms. The van der Waals surface area contributed by atoms with Gasteiger partial charge in [0.2, 0.25) is 5.91 Å². The van der Waals surface area contributed by atoms with Crippen LogP contribution in [0.5, 0.6) is 0 Å². The molecule has 3 atom stereocenters. The van der Waals surface area contributed by atoms with Gasteiger partial charge in [0.1, 0.15) is 12.7 Å². The summed E-state index contributed by atoms with van der Waals surface area (Å²) in [5.74, 6) is -2.53. The van der Waals surface area contributed by atoms with E-state index in [2.05, 4.69) is 104 Å². The van der Waals surface area contributed by atoms with Gasteiger partial charge in [-0.1, -0.05) is 181 Å². The van der Waals surface area contributed by atoms with Crippen LogP contribution in [0.15, 0.2) is 109 Å². The molecular weight excluding hydrogens is 830 g/mol. The predicted octanol–water partition coefficient (Wildman–Crippen LogP) is 13.0. The van der Waals surface area contributed by atoms with Crippen LogP contribution in [0.25, 0.3) is 0 Å². The van der Waals surface area contributed by atoms with Crippen molar-refractivity contribution in [1.82, 2.24) is 5.32 Å². The molecule has 0 aromatic rings. The minimum Gasteiger partial charge on any atom is -0.480 e. The second-order valence-corrected chi connectivity index (χ2v) is 17.0. The van der Waals surface area contributed by atoms with Gasteiger partial charge in [0.25, 0.3) is 0 Å². The minimum atomic E-state index is -4.79. The Balaban J connectivity index is 4.01.